The van der Waals surface area contributed by atoms with Gasteiger partial charge in [0.2, 0.25) is 11.8 Å². The van der Waals surface area contributed by atoms with Crippen LogP contribution in [0.2, 0.25) is 5.02 Å². The molecule has 0 radical (unpaired) electrons. The molecule has 7 atom stereocenters. The van der Waals surface area contributed by atoms with Crippen LogP contribution in [0.5, 0.6) is 0 Å². The highest BCUT2D eigenvalue weighted by Gasteiger charge is 2.72. The summed E-state index contributed by atoms with van der Waals surface area (Å²) in [4.78, 5) is 49.0. The van der Waals surface area contributed by atoms with Crippen LogP contribution in [0.3, 0.4) is 0 Å². The summed E-state index contributed by atoms with van der Waals surface area (Å²) in [6.07, 6.45) is 8.70. The van der Waals surface area contributed by atoms with Gasteiger partial charge in [-0.25, -0.2) is 0 Å². The Morgan fingerprint density at radius 2 is 1.74 bits per heavy atom. The quantitative estimate of drug-likeness (QED) is 0.476. The molecule has 1 N–H and O–H groups in total. The normalized spacial score (nSPS) is 30.1. The fourth-order valence-electron chi connectivity index (χ4n) is 7.25. The van der Waals surface area contributed by atoms with E-state index in [9.17, 15) is 19.5 Å². The zero-order chi connectivity index (χ0) is 29.8. The molecule has 3 amide bonds. The number of halogens is 1. The number of nitrogens with zero attached hydrogens (tertiary/aromatic N) is 3. The molecule has 6 rings (SSSR count). The van der Waals surface area contributed by atoms with Crippen LogP contribution < -0.4 is 9.80 Å². The Morgan fingerprint density at radius 1 is 1.00 bits per heavy atom. The van der Waals surface area contributed by atoms with Crippen LogP contribution in [0.25, 0.3) is 0 Å². The van der Waals surface area contributed by atoms with Crippen molar-refractivity contribution in [2.45, 2.75) is 49.3 Å². The van der Waals surface area contributed by atoms with Crippen molar-refractivity contribution >= 4 is 52.5 Å². The van der Waals surface area contributed by atoms with E-state index in [1.807, 2.05) is 87.5 Å². The maximum atomic E-state index is 14.8. The lowest BCUT2D eigenvalue weighted by Gasteiger charge is -2.40. The van der Waals surface area contributed by atoms with Crippen LogP contribution >= 0.6 is 23.4 Å². The lowest BCUT2D eigenvalue weighted by Crippen LogP contribution is -2.58. The van der Waals surface area contributed by atoms with Gasteiger partial charge in [-0.05, 0) is 36.6 Å². The Bertz CT molecular complexity index is 1440. The van der Waals surface area contributed by atoms with Crippen LogP contribution in [0.1, 0.15) is 25.8 Å². The van der Waals surface area contributed by atoms with Crippen molar-refractivity contribution in [2.75, 3.05) is 29.5 Å². The molecule has 7 nitrogen and oxygen atoms in total. The van der Waals surface area contributed by atoms with Crippen LogP contribution in [0.4, 0.5) is 11.4 Å². The average Bonchev–Trinajstić information content (AvgIpc) is 3.30. The zero-order valence-electron chi connectivity index (χ0n) is 24.0. The monoisotopic (exact) mass is 605 g/mol. The molecule has 0 aromatic heterocycles. The smallest absolute Gasteiger partial charge is 0.251 e. The van der Waals surface area contributed by atoms with Crippen molar-refractivity contribution in [2.24, 2.45) is 17.8 Å². The number of carbonyl (C=O) groups is 3. The third-order valence-electron chi connectivity index (χ3n) is 9.47. The molecule has 4 heterocycles. The summed E-state index contributed by atoms with van der Waals surface area (Å²) in [5.41, 5.74) is 2.25. The second-order valence-electron chi connectivity index (χ2n) is 11.7. The van der Waals surface area contributed by atoms with Gasteiger partial charge in [0, 0.05) is 24.0 Å². The highest BCUT2D eigenvalue weighted by Crippen LogP contribution is 2.62. The molecule has 2 aromatic carbocycles. The summed E-state index contributed by atoms with van der Waals surface area (Å²) < 4.78 is -0.978. The van der Waals surface area contributed by atoms with Gasteiger partial charge in [0.05, 0.1) is 39.9 Å². The van der Waals surface area contributed by atoms with Crippen LogP contribution in [-0.2, 0) is 14.4 Å². The van der Waals surface area contributed by atoms with Crippen molar-refractivity contribution in [3.05, 3.63) is 83.4 Å². The molecule has 2 saturated heterocycles. The molecule has 220 valence electrons. The average molecular weight is 606 g/mol. The first kappa shape index (κ1) is 29.0. The lowest BCUT2D eigenvalue weighted by atomic mass is 9.78. The number of rotatable bonds is 6. The van der Waals surface area contributed by atoms with Gasteiger partial charge in [-0.3, -0.25) is 14.4 Å². The first-order chi connectivity index (χ1) is 20.2. The maximum Gasteiger partial charge on any atom is 0.251 e. The molecule has 42 heavy (non-hydrogen) atoms. The van der Waals surface area contributed by atoms with Gasteiger partial charge in [0.1, 0.15) is 6.04 Å². The van der Waals surface area contributed by atoms with Crippen LogP contribution in [-0.4, -0.2) is 69.5 Å². The van der Waals surface area contributed by atoms with E-state index in [1.165, 1.54) is 0 Å². The van der Waals surface area contributed by atoms with Gasteiger partial charge < -0.3 is 19.8 Å². The summed E-state index contributed by atoms with van der Waals surface area (Å²) in [5, 5.41) is 10.8. The second-order valence-corrected chi connectivity index (χ2v) is 13.6. The van der Waals surface area contributed by atoms with E-state index in [0.29, 0.717) is 23.8 Å². The topological polar surface area (TPSA) is 81.2 Å². The summed E-state index contributed by atoms with van der Waals surface area (Å²) in [6.45, 7) is 6.36. The molecule has 9 heteroatoms. The molecule has 4 aliphatic heterocycles. The largest absolute Gasteiger partial charge is 0.394 e. The highest BCUT2D eigenvalue weighted by molar-refractivity contribution is 8.02. The van der Waals surface area contributed by atoms with Gasteiger partial charge >= 0.3 is 0 Å². The van der Waals surface area contributed by atoms with E-state index in [1.54, 1.807) is 32.5 Å². The van der Waals surface area contributed by atoms with E-state index in [0.717, 1.165) is 17.7 Å². The zero-order valence-corrected chi connectivity index (χ0v) is 25.6. The minimum Gasteiger partial charge on any atom is -0.394 e. The first-order valence-electron chi connectivity index (χ1n) is 14.6. The summed E-state index contributed by atoms with van der Waals surface area (Å²) in [7, 11) is 0. The number of carbonyl (C=O) groups excluding carboxylic acids is 3. The molecule has 2 fully saturated rings. The number of aliphatic hydroxyl groups is 1. The van der Waals surface area contributed by atoms with Crippen molar-refractivity contribution < 1.29 is 19.5 Å². The number of amides is 3. The predicted octanol–water partition coefficient (Wildman–Crippen LogP) is 4.86. The summed E-state index contributed by atoms with van der Waals surface area (Å²) >= 11 is 8.21. The van der Waals surface area contributed by atoms with E-state index >= 15 is 0 Å². The molecule has 4 aliphatic rings. The number of benzene rings is 2. The third-order valence-corrected chi connectivity index (χ3v) is 11.5. The van der Waals surface area contributed by atoms with Crippen molar-refractivity contribution in [3.63, 3.8) is 0 Å². The second kappa shape index (κ2) is 11.2. The molecule has 0 aliphatic carbocycles. The minimum atomic E-state index is -0.978. The number of aryl methyl sites for hydroxylation is 1. The SMILES string of the molecule is CC[C@H](C)[C@H](CO)N1C(=O)[C@@H]2[C@H]3C(=O)N(c4ccccc4)CC=C[C@H]3S[C@@]23C=CCN(c2c(C)cccc2Cl)C(=O)C13. The van der Waals surface area contributed by atoms with Gasteiger partial charge in [-0.15, -0.1) is 11.8 Å². The standard InChI is InChI=1S/C33H36ClN3O4S/c1-4-20(2)24(19-38)37-29-32(41)36(28-21(3)11-8-14-23(28)34)18-10-16-33(29)27(31(37)40)26-25(42-33)15-9-17-35(30(26)39)22-12-6-5-7-13-22/h5-16,20,24-27,29,38H,4,17-19H2,1-3H3/t20-,24-,25+,26-,27-,29?,33-/m0/s1. The lowest BCUT2D eigenvalue weighted by molar-refractivity contribution is -0.142. The molecule has 0 saturated carbocycles. The summed E-state index contributed by atoms with van der Waals surface area (Å²) in [5.74, 6) is -2.08. The van der Waals surface area contributed by atoms with Gasteiger partial charge in [-0.2, -0.15) is 0 Å². The van der Waals surface area contributed by atoms with Crippen LogP contribution in [0.15, 0.2) is 72.8 Å². The number of thioether (sulfide) groups is 1. The Morgan fingerprint density at radius 3 is 2.43 bits per heavy atom. The minimum absolute atomic E-state index is 0.0586. The van der Waals surface area contributed by atoms with E-state index in [2.05, 4.69) is 0 Å². The fourth-order valence-corrected chi connectivity index (χ4v) is 9.57. The van der Waals surface area contributed by atoms with E-state index in [-0.39, 0.29) is 35.5 Å². The maximum absolute atomic E-state index is 14.8. The predicted molar refractivity (Wildman–Crippen MR) is 168 cm³/mol. The molecule has 2 aromatic rings. The Labute approximate surface area is 256 Å². The highest BCUT2D eigenvalue weighted by atomic mass is 35.5. The van der Waals surface area contributed by atoms with Crippen molar-refractivity contribution in [1.29, 1.82) is 0 Å². The number of para-hydroxylation sites is 2. The summed E-state index contributed by atoms with van der Waals surface area (Å²) in [6, 6.07) is 13.6. The number of anilines is 2. The first-order valence-corrected chi connectivity index (χ1v) is 15.9. The van der Waals surface area contributed by atoms with Gasteiger partial charge in [-0.1, -0.05) is 86.5 Å². The Balaban J connectivity index is 1.50. The van der Waals surface area contributed by atoms with Gasteiger partial charge in [0.25, 0.3) is 5.91 Å². The molecule has 1 unspecified atom stereocenters. The van der Waals surface area contributed by atoms with Gasteiger partial charge in [0.15, 0.2) is 0 Å². The van der Waals surface area contributed by atoms with Crippen molar-refractivity contribution in [3.8, 4) is 0 Å². The number of hydrogen-bond acceptors (Lipinski definition) is 5. The molecular weight excluding hydrogens is 570 g/mol. The fraction of sp³-hybridized carbons (Fsp3) is 0.424. The number of aliphatic hydroxyl groups excluding tert-OH is 1. The molecule has 1 spiro atoms. The molecular formula is C33H36ClN3O4S. The number of likely N-dealkylation sites (tertiary alicyclic amines) is 1. The third kappa shape index (κ3) is 4.33. The number of hydrogen-bond donors (Lipinski definition) is 1. The van der Waals surface area contributed by atoms with E-state index < -0.39 is 28.7 Å². The number of fused-ring (bicyclic) bond motifs is 2. The van der Waals surface area contributed by atoms with Crippen molar-refractivity contribution in [1.82, 2.24) is 4.90 Å². The van der Waals surface area contributed by atoms with Crippen LogP contribution in [0, 0.1) is 24.7 Å². The van der Waals surface area contributed by atoms with E-state index in [4.69, 9.17) is 11.6 Å². The molecule has 0 bridgehead atoms. The Hall–Kier alpha value is -3.07. The Kier molecular flexibility index (Phi) is 7.75.